The topological polar surface area (TPSA) is 49.6 Å². The van der Waals surface area contributed by atoms with Gasteiger partial charge in [0.05, 0.1) is 28.4 Å². The number of benzene rings is 6. The molecule has 0 fully saturated rings. The Kier molecular flexibility index (Phi) is 6.03. The van der Waals surface area contributed by atoms with E-state index in [-0.39, 0.29) is 0 Å². The summed E-state index contributed by atoms with van der Waals surface area (Å²) >= 11 is 1.82. The largest absolute Gasteiger partial charge is 0.228 e. The summed E-state index contributed by atoms with van der Waals surface area (Å²) in [5.74, 6) is 0.693. The van der Waals surface area contributed by atoms with E-state index in [1.54, 1.807) is 0 Å². The smallest absolute Gasteiger partial charge is 0.160 e. The summed E-state index contributed by atoms with van der Waals surface area (Å²) in [6.45, 7) is 0. The molecule has 0 atom stereocenters. The van der Waals surface area contributed by atoms with Gasteiger partial charge in [0.1, 0.15) is 0 Å². The normalized spacial score (nSPS) is 13.3. The van der Waals surface area contributed by atoms with E-state index < -0.39 is 5.41 Å². The highest BCUT2D eigenvalue weighted by atomic mass is 32.2. The van der Waals surface area contributed by atoms with Gasteiger partial charge in [0.25, 0.3) is 0 Å². The minimum atomic E-state index is -0.580. The van der Waals surface area contributed by atoms with Crippen molar-refractivity contribution in [2.24, 2.45) is 0 Å². The summed E-state index contributed by atoms with van der Waals surface area (Å²) in [6.07, 6.45) is 0. The predicted molar refractivity (Wildman–Crippen MR) is 184 cm³/mol. The molecule has 214 valence electrons. The fraction of sp³-hybridized carbons (Fsp3) is 0.0238. The van der Waals surface area contributed by atoms with Gasteiger partial charge < -0.3 is 0 Å². The molecule has 0 saturated carbocycles. The van der Waals surface area contributed by atoms with E-state index in [0.29, 0.717) is 11.4 Å². The van der Waals surface area contributed by atoms with Gasteiger partial charge >= 0.3 is 0 Å². The summed E-state index contributed by atoms with van der Waals surface area (Å²) in [5, 5.41) is 10.0. The lowest BCUT2D eigenvalue weighted by atomic mass is 9.67. The van der Waals surface area contributed by atoms with E-state index >= 15 is 0 Å². The minimum Gasteiger partial charge on any atom is -0.228 e. The van der Waals surface area contributed by atoms with Gasteiger partial charge in [-0.25, -0.2) is 9.97 Å². The van der Waals surface area contributed by atoms with Crippen molar-refractivity contribution in [3.63, 3.8) is 0 Å². The van der Waals surface area contributed by atoms with Crippen LogP contribution in [0.4, 0.5) is 0 Å². The Morgan fingerprint density at radius 1 is 0.478 bits per heavy atom. The van der Waals surface area contributed by atoms with Crippen molar-refractivity contribution in [1.29, 1.82) is 5.26 Å². The molecule has 4 heteroatoms. The zero-order chi connectivity index (χ0) is 30.7. The van der Waals surface area contributed by atoms with Crippen LogP contribution in [-0.4, -0.2) is 9.97 Å². The van der Waals surface area contributed by atoms with Crippen molar-refractivity contribution in [2.75, 3.05) is 0 Å². The van der Waals surface area contributed by atoms with Crippen LogP contribution < -0.4 is 0 Å². The Balaban J connectivity index is 1.34. The Morgan fingerprint density at radius 3 is 1.67 bits per heavy atom. The number of rotatable bonds is 3. The molecule has 9 rings (SSSR count). The summed E-state index contributed by atoms with van der Waals surface area (Å²) in [5.41, 5.74) is 12.1. The molecule has 0 amide bonds. The van der Waals surface area contributed by atoms with E-state index in [2.05, 4.69) is 115 Å². The quantitative estimate of drug-likeness (QED) is 0.202. The first-order valence-electron chi connectivity index (χ1n) is 15.3. The van der Waals surface area contributed by atoms with Gasteiger partial charge in [0, 0.05) is 26.5 Å². The third kappa shape index (κ3) is 3.92. The highest BCUT2D eigenvalue weighted by molar-refractivity contribution is 7.99. The Bertz CT molecular complexity index is 2250. The molecule has 3 nitrogen and oxygen atoms in total. The summed E-state index contributed by atoms with van der Waals surface area (Å²) in [6, 6.07) is 55.3. The molecule has 0 N–H and O–H groups in total. The van der Waals surface area contributed by atoms with E-state index in [4.69, 9.17) is 9.97 Å². The van der Waals surface area contributed by atoms with Crippen LogP contribution in [-0.2, 0) is 5.41 Å². The lowest BCUT2D eigenvalue weighted by Crippen LogP contribution is -2.32. The van der Waals surface area contributed by atoms with Crippen molar-refractivity contribution in [2.45, 2.75) is 15.2 Å². The number of hydrogen-bond donors (Lipinski definition) is 0. The Labute approximate surface area is 271 Å². The molecule has 1 aliphatic carbocycles. The maximum atomic E-state index is 10.0. The molecule has 0 unspecified atom stereocenters. The zero-order valence-electron chi connectivity index (χ0n) is 24.7. The number of fused-ring (bicyclic) bond motifs is 9. The summed E-state index contributed by atoms with van der Waals surface area (Å²) in [7, 11) is 0. The van der Waals surface area contributed by atoms with Crippen LogP contribution in [0.3, 0.4) is 0 Å². The van der Waals surface area contributed by atoms with E-state index in [1.165, 1.54) is 32.0 Å². The average Bonchev–Trinajstić information content (AvgIpc) is 3.41. The molecule has 46 heavy (non-hydrogen) atoms. The highest BCUT2D eigenvalue weighted by Crippen LogP contribution is 2.62. The second kappa shape index (κ2) is 10.4. The van der Waals surface area contributed by atoms with Gasteiger partial charge in [-0.2, -0.15) is 5.26 Å². The highest BCUT2D eigenvalue weighted by Gasteiger charge is 2.50. The van der Waals surface area contributed by atoms with E-state index in [0.717, 1.165) is 39.2 Å². The number of hydrogen-bond acceptors (Lipinski definition) is 4. The fourth-order valence-electron chi connectivity index (χ4n) is 7.20. The van der Waals surface area contributed by atoms with Crippen LogP contribution in [0, 0.1) is 11.3 Å². The van der Waals surface area contributed by atoms with Crippen molar-refractivity contribution in [1.82, 2.24) is 9.97 Å². The molecule has 6 aromatic carbocycles. The lowest BCUT2D eigenvalue weighted by Gasteiger charge is -2.39. The third-order valence-electron chi connectivity index (χ3n) is 9.19. The van der Waals surface area contributed by atoms with E-state index in [1.807, 2.05) is 54.2 Å². The Morgan fingerprint density at radius 2 is 1.02 bits per heavy atom. The number of aromatic nitrogens is 2. The number of nitriles is 1. The van der Waals surface area contributed by atoms with Gasteiger partial charge in [-0.3, -0.25) is 0 Å². The van der Waals surface area contributed by atoms with Gasteiger partial charge in [-0.15, -0.1) is 0 Å². The maximum absolute atomic E-state index is 10.0. The van der Waals surface area contributed by atoms with Gasteiger partial charge in [0.2, 0.25) is 0 Å². The molecule has 1 aromatic heterocycles. The third-order valence-corrected chi connectivity index (χ3v) is 10.3. The van der Waals surface area contributed by atoms with Crippen LogP contribution in [0.5, 0.6) is 0 Å². The van der Waals surface area contributed by atoms with E-state index in [9.17, 15) is 5.26 Å². The number of nitrogens with zero attached hydrogens (tertiary/aromatic N) is 3. The first-order valence-corrected chi connectivity index (χ1v) is 16.1. The summed E-state index contributed by atoms with van der Waals surface area (Å²) < 4.78 is 0. The molecule has 7 aromatic rings. The predicted octanol–water partition coefficient (Wildman–Crippen LogP) is 10.2. The monoisotopic (exact) mass is 603 g/mol. The molecule has 0 bridgehead atoms. The van der Waals surface area contributed by atoms with Crippen LogP contribution in [0.15, 0.2) is 161 Å². The van der Waals surface area contributed by atoms with Crippen LogP contribution in [0.1, 0.15) is 27.8 Å². The van der Waals surface area contributed by atoms with Crippen LogP contribution in [0.2, 0.25) is 0 Å². The average molecular weight is 604 g/mol. The molecular formula is C42H25N3S. The van der Waals surface area contributed by atoms with Gasteiger partial charge in [0.15, 0.2) is 5.82 Å². The SMILES string of the molecule is N#Cc1ccc2c(c1)C1(c3ccccc3Sc3ccccc31)c1cc(-c3cc(-c4ccccc4)nc(-c4ccccc4)n3)ccc1-2. The first-order chi connectivity index (χ1) is 22.7. The fourth-order valence-corrected chi connectivity index (χ4v) is 8.39. The van der Waals surface area contributed by atoms with Crippen LogP contribution in [0.25, 0.3) is 45.0 Å². The maximum Gasteiger partial charge on any atom is 0.160 e. The van der Waals surface area contributed by atoms with Crippen molar-refractivity contribution in [3.05, 3.63) is 179 Å². The molecular weight excluding hydrogens is 579 g/mol. The Hall–Kier alpha value is -5.76. The van der Waals surface area contributed by atoms with Gasteiger partial charge in [-0.1, -0.05) is 127 Å². The van der Waals surface area contributed by atoms with Gasteiger partial charge in [-0.05, 0) is 69.8 Å². The van der Waals surface area contributed by atoms with Crippen molar-refractivity contribution >= 4 is 11.8 Å². The lowest BCUT2D eigenvalue weighted by molar-refractivity contribution is 0.722. The molecule has 0 saturated heterocycles. The molecule has 0 radical (unpaired) electrons. The second-order valence-electron chi connectivity index (χ2n) is 11.7. The second-order valence-corrected chi connectivity index (χ2v) is 12.8. The minimum absolute atomic E-state index is 0.580. The summed E-state index contributed by atoms with van der Waals surface area (Å²) in [4.78, 5) is 12.6. The molecule has 2 aliphatic rings. The molecule has 1 spiro atoms. The first kappa shape index (κ1) is 26.6. The van der Waals surface area contributed by atoms with Crippen molar-refractivity contribution < 1.29 is 0 Å². The zero-order valence-corrected chi connectivity index (χ0v) is 25.5. The van der Waals surface area contributed by atoms with Crippen molar-refractivity contribution in [3.8, 4) is 51.1 Å². The molecule has 2 heterocycles. The van der Waals surface area contributed by atoms with Crippen LogP contribution >= 0.6 is 11.8 Å². The molecule has 1 aliphatic heterocycles. The standard InChI is InChI=1S/C42H25N3S/c43-26-27-19-21-31-32-22-20-30(38-25-37(28-11-3-1-4-12-28)44-41(45-38)29-13-5-2-6-14-29)24-36(32)42(35(31)23-27)33-15-7-9-17-39(33)46-40-18-10-8-16-34(40)42/h1-25H.